The molecule has 2 aromatic rings. The van der Waals surface area contributed by atoms with Crippen LogP contribution in [0.15, 0.2) is 18.2 Å². The SMILES string of the molecule is CNN(C)C(=O)O[C@@H]1CC[C@H](c2cc(NC(=O)COc3cc(OC)cc(O)c3C=O)n[nH]2)C1. The van der Waals surface area contributed by atoms with Crippen LogP contribution in [-0.2, 0) is 9.53 Å². The van der Waals surface area contributed by atoms with E-state index in [4.69, 9.17) is 14.2 Å². The smallest absolute Gasteiger partial charge is 0.424 e. The molecule has 1 aromatic heterocycles. The third-order valence-electron chi connectivity index (χ3n) is 5.37. The van der Waals surface area contributed by atoms with E-state index in [1.807, 2.05) is 0 Å². The van der Waals surface area contributed by atoms with Gasteiger partial charge >= 0.3 is 6.09 Å². The number of phenolic OH excluding ortho intramolecular Hbond substituents is 1. The second kappa shape index (κ2) is 10.7. The number of hydrazine groups is 1. The van der Waals surface area contributed by atoms with Crippen LogP contribution in [0.1, 0.15) is 41.2 Å². The molecule has 1 aliphatic rings. The van der Waals surface area contributed by atoms with Crippen molar-refractivity contribution in [2.45, 2.75) is 31.3 Å². The molecular formula is C21H27N5O7. The molecule has 2 atom stereocenters. The van der Waals surface area contributed by atoms with Gasteiger partial charge in [-0.05, 0) is 19.3 Å². The Bertz CT molecular complexity index is 1010. The van der Waals surface area contributed by atoms with E-state index in [9.17, 15) is 19.5 Å². The number of rotatable bonds is 9. The number of amides is 2. The highest BCUT2D eigenvalue weighted by molar-refractivity contribution is 5.91. The minimum atomic E-state index is -0.500. The lowest BCUT2D eigenvalue weighted by atomic mass is 10.0. The van der Waals surface area contributed by atoms with Crippen molar-refractivity contribution < 1.29 is 33.7 Å². The number of H-pyrrole nitrogens is 1. The largest absolute Gasteiger partial charge is 0.507 e. The minimum absolute atomic E-state index is 0.0233. The first-order chi connectivity index (χ1) is 15.8. The number of methoxy groups -OCH3 is 1. The van der Waals surface area contributed by atoms with Gasteiger partial charge in [-0.15, -0.1) is 0 Å². The topological polar surface area (TPSA) is 155 Å². The number of hydrogen-bond acceptors (Lipinski definition) is 9. The summed E-state index contributed by atoms with van der Waals surface area (Å²) >= 11 is 0. The van der Waals surface area contributed by atoms with Gasteiger partial charge in [0.2, 0.25) is 0 Å². The van der Waals surface area contributed by atoms with Crippen LogP contribution < -0.4 is 20.2 Å². The fraction of sp³-hybridized carbons (Fsp3) is 0.429. The number of aldehydes is 1. The molecule has 4 N–H and O–H groups in total. The summed E-state index contributed by atoms with van der Waals surface area (Å²) in [6.07, 6.45) is 1.99. The predicted molar refractivity (Wildman–Crippen MR) is 116 cm³/mol. The highest BCUT2D eigenvalue weighted by Gasteiger charge is 2.30. The maximum absolute atomic E-state index is 12.3. The lowest BCUT2D eigenvalue weighted by molar-refractivity contribution is -0.118. The first-order valence-electron chi connectivity index (χ1n) is 10.3. The number of benzene rings is 1. The third-order valence-corrected chi connectivity index (χ3v) is 5.37. The van der Waals surface area contributed by atoms with Crippen LogP contribution in [0, 0.1) is 0 Å². The van der Waals surface area contributed by atoms with Crippen molar-refractivity contribution in [3.8, 4) is 17.2 Å². The van der Waals surface area contributed by atoms with Crippen molar-refractivity contribution >= 4 is 24.1 Å². The highest BCUT2D eigenvalue weighted by Crippen LogP contribution is 2.36. The summed E-state index contributed by atoms with van der Waals surface area (Å²) < 4.78 is 15.9. The number of carbonyl (C=O) groups excluding carboxylic acids is 3. The van der Waals surface area contributed by atoms with Crippen LogP contribution in [0.4, 0.5) is 10.6 Å². The van der Waals surface area contributed by atoms with Gasteiger partial charge in [0, 0.05) is 43.9 Å². The Kier molecular flexibility index (Phi) is 7.72. The van der Waals surface area contributed by atoms with Gasteiger partial charge in [-0.3, -0.25) is 14.7 Å². The number of aromatic nitrogens is 2. The van der Waals surface area contributed by atoms with Gasteiger partial charge in [0.1, 0.15) is 23.4 Å². The molecule has 178 valence electrons. The molecule has 12 nitrogen and oxygen atoms in total. The zero-order valence-corrected chi connectivity index (χ0v) is 18.6. The molecule has 1 heterocycles. The van der Waals surface area contributed by atoms with Crippen LogP contribution >= 0.6 is 0 Å². The number of nitrogens with one attached hydrogen (secondary N) is 3. The number of phenols is 1. The fourth-order valence-electron chi connectivity index (χ4n) is 3.52. The van der Waals surface area contributed by atoms with Crippen molar-refractivity contribution in [1.82, 2.24) is 20.6 Å². The second-order valence-corrected chi connectivity index (χ2v) is 7.52. The number of nitrogens with zero attached hydrogens (tertiary/aromatic N) is 2. The zero-order chi connectivity index (χ0) is 24.0. The molecular weight excluding hydrogens is 434 g/mol. The molecule has 0 radical (unpaired) electrons. The lowest BCUT2D eigenvalue weighted by Gasteiger charge is -2.18. The first kappa shape index (κ1) is 23.9. The van der Waals surface area contributed by atoms with Gasteiger partial charge in [-0.25, -0.2) is 15.2 Å². The summed E-state index contributed by atoms with van der Waals surface area (Å²) in [5.41, 5.74) is 3.44. The van der Waals surface area contributed by atoms with Crippen molar-refractivity contribution in [3.63, 3.8) is 0 Å². The van der Waals surface area contributed by atoms with Crippen LogP contribution in [-0.4, -0.2) is 72.5 Å². The summed E-state index contributed by atoms with van der Waals surface area (Å²) in [5, 5.41) is 20.8. The van der Waals surface area contributed by atoms with Crippen LogP contribution in [0.25, 0.3) is 0 Å². The maximum Gasteiger partial charge on any atom is 0.424 e. The molecule has 0 bridgehead atoms. The normalized spacial score (nSPS) is 17.3. The molecule has 0 aliphatic heterocycles. The Labute approximate surface area is 190 Å². The average Bonchev–Trinajstić information content (AvgIpc) is 3.46. The Morgan fingerprint density at radius 1 is 1.33 bits per heavy atom. The molecule has 1 aromatic carbocycles. The van der Waals surface area contributed by atoms with Crippen molar-refractivity contribution in [3.05, 3.63) is 29.5 Å². The van der Waals surface area contributed by atoms with Crippen LogP contribution in [0.5, 0.6) is 17.2 Å². The molecule has 33 heavy (non-hydrogen) atoms. The fourth-order valence-corrected chi connectivity index (χ4v) is 3.52. The molecule has 1 fully saturated rings. The maximum atomic E-state index is 12.3. The molecule has 1 aliphatic carbocycles. The van der Waals surface area contributed by atoms with Crippen molar-refractivity contribution in [2.75, 3.05) is 33.1 Å². The van der Waals surface area contributed by atoms with Crippen LogP contribution in [0.3, 0.4) is 0 Å². The van der Waals surface area contributed by atoms with Crippen molar-refractivity contribution in [1.29, 1.82) is 0 Å². The van der Waals surface area contributed by atoms with E-state index < -0.39 is 18.6 Å². The lowest BCUT2D eigenvalue weighted by Crippen LogP contribution is -2.38. The van der Waals surface area contributed by atoms with Gasteiger partial charge in [0.15, 0.2) is 18.7 Å². The van der Waals surface area contributed by atoms with Gasteiger partial charge in [-0.2, -0.15) is 5.10 Å². The standard InChI is InChI=1S/C21H27N5O7/c1-22-26(2)21(30)33-13-5-4-12(6-13)16-9-19(25-24-16)23-20(29)11-32-18-8-14(31-3)7-17(28)15(18)10-27/h7-10,12-13,22,28H,4-6,11H2,1-3H3,(H2,23,24,25,29)/t12-,13+/m0/s1. The van der Waals surface area contributed by atoms with E-state index >= 15 is 0 Å². The minimum Gasteiger partial charge on any atom is -0.507 e. The average molecular weight is 461 g/mol. The van der Waals surface area contributed by atoms with E-state index in [1.54, 1.807) is 20.2 Å². The van der Waals surface area contributed by atoms with Crippen LogP contribution in [0.2, 0.25) is 0 Å². The van der Waals surface area contributed by atoms with Gasteiger partial charge in [0.25, 0.3) is 5.91 Å². The quantitative estimate of drug-likeness (QED) is 0.323. The number of carbonyl (C=O) groups is 3. The Morgan fingerprint density at radius 2 is 2.12 bits per heavy atom. The summed E-state index contributed by atoms with van der Waals surface area (Å²) in [4.78, 5) is 35.4. The zero-order valence-electron chi connectivity index (χ0n) is 18.6. The molecule has 0 spiro atoms. The highest BCUT2D eigenvalue weighted by atomic mass is 16.6. The Hall–Kier alpha value is -3.80. The first-order valence-corrected chi connectivity index (χ1v) is 10.3. The molecule has 1 saturated carbocycles. The summed E-state index contributed by atoms with van der Waals surface area (Å²) in [7, 11) is 4.61. The summed E-state index contributed by atoms with van der Waals surface area (Å²) in [5.74, 6) is -0.0702. The number of aromatic hydroxyl groups is 1. The molecule has 3 rings (SSSR count). The Morgan fingerprint density at radius 3 is 2.82 bits per heavy atom. The monoisotopic (exact) mass is 461 g/mol. The van der Waals surface area contributed by atoms with E-state index in [0.29, 0.717) is 18.5 Å². The third kappa shape index (κ3) is 5.92. The second-order valence-electron chi connectivity index (χ2n) is 7.52. The van der Waals surface area contributed by atoms with E-state index in [-0.39, 0.29) is 34.8 Å². The molecule has 0 unspecified atom stereocenters. The summed E-state index contributed by atoms with van der Waals surface area (Å²) in [6.45, 7) is -0.407. The summed E-state index contributed by atoms with van der Waals surface area (Å²) in [6, 6.07) is 4.40. The van der Waals surface area contributed by atoms with Gasteiger partial charge in [-0.1, -0.05) is 0 Å². The van der Waals surface area contributed by atoms with E-state index in [1.165, 1.54) is 24.3 Å². The predicted octanol–water partition coefficient (Wildman–Crippen LogP) is 1.79. The molecule has 12 heteroatoms. The van der Waals surface area contributed by atoms with Crippen molar-refractivity contribution in [2.24, 2.45) is 0 Å². The number of hydrogen-bond donors (Lipinski definition) is 4. The number of anilines is 1. The molecule has 2 amide bonds. The van der Waals surface area contributed by atoms with E-state index in [2.05, 4.69) is 20.9 Å². The number of aromatic amines is 1. The van der Waals surface area contributed by atoms with E-state index in [0.717, 1.165) is 18.5 Å². The molecule has 0 saturated heterocycles. The van der Waals surface area contributed by atoms with Gasteiger partial charge < -0.3 is 24.6 Å². The number of ether oxygens (including phenoxy) is 3. The Balaban J connectivity index is 1.53. The van der Waals surface area contributed by atoms with Gasteiger partial charge in [0.05, 0.1) is 12.7 Å².